The summed E-state index contributed by atoms with van der Waals surface area (Å²) in [6, 6.07) is 10.1. The molecule has 6 heteroatoms. The Hall–Kier alpha value is -2.21. The monoisotopic (exact) mass is 341 g/mol. The van der Waals surface area contributed by atoms with Crippen molar-refractivity contribution in [1.29, 1.82) is 0 Å². The highest BCUT2D eigenvalue weighted by atomic mass is 79.9. The van der Waals surface area contributed by atoms with Crippen LogP contribution in [-0.2, 0) is 13.1 Å². The van der Waals surface area contributed by atoms with Crippen molar-refractivity contribution in [3.63, 3.8) is 0 Å². The Bertz CT molecular complexity index is 849. The fourth-order valence-corrected chi connectivity index (χ4v) is 3.12. The Morgan fingerprint density at radius 3 is 2.81 bits per heavy atom. The predicted octanol–water partition coefficient (Wildman–Crippen LogP) is 2.89. The predicted molar refractivity (Wildman–Crippen MR) is 85.8 cm³/mol. The Morgan fingerprint density at radius 2 is 1.90 bits per heavy atom. The van der Waals surface area contributed by atoms with Crippen molar-refractivity contribution < 1.29 is 0 Å². The largest absolute Gasteiger partial charge is 0.384 e. The maximum atomic E-state index is 5.72. The molecule has 1 aliphatic rings. The summed E-state index contributed by atoms with van der Waals surface area (Å²) < 4.78 is 1.10. The average molecular weight is 342 g/mol. The smallest absolute Gasteiger partial charge is 0.166 e. The van der Waals surface area contributed by atoms with Gasteiger partial charge in [0, 0.05) is 17.6 Å². The zero-order chi connectivity index (χ0) is 14.4. The number of hydrogen-bond donors (Lipinski definition) is 1. The lowest BCUT2D eigenvalue weighted by Gasteiger charge is -2.17. The topological polar surface area (TPSA) is 67.9 Å². The molecule has 21 heavy (non-hydrogen) atoms. The number of nitrogens with two attached hydrogens (primary N) is 1. The van der Waals surface area contributed by atoms with Gasteiger partial charge in [-0.3, -0.25) is 0 Å². The number of rotatable bonds is 1. The molecule has 3 aromatic rings. The van der Waals surface area contributed by atoms with Crippen LogP contribution in [0, 0.1) is 0 Å². The minimum Gasteiger partial charge on any atom is -0.384 e. The number of nitrogen functional groups attached to an aromatic ring is 1. The number of fused-ring (bicyclic) bond motifs is 2. The first-order valence-corrected chi connectivity index (χ1v) is 7.39. The van der Waals surface area contributed by atoms with Gasteiger partial charge in [-0.05, 0) is 35.4 Å². The molecule has 0 amide bonds. The van der Waals surface area contributed by atoms with E-state index in [9.17, 15) is 0 Å². The van der Waals surface area contributed by atoms with Gasteiger partial charge in [0.05, 0.1) is 5.39 Å². The average Bonchev–Trinajstić information content (AvgIpc) is 2.89. The molecule has 1 aliphatic heterocycles. The van der Waals surface area contributed by atoms with Crippen LogP contribution in [0.2, 0.25) is 0 Å². The molecule has 0 bridgehead atoms. The molecular weight excluding hydrogens is 330 g/mol. The first-order chi connectivity index (χ1) is 10.2. The third-order valence-electron chi connectivity index (χ3n) is 3.69. The number of pyridine rings is 1. The van der Waals surface area contributed by atoms with E-state index in [0.717, 1.165) is 28.8 Å². The third kappa shape index (κ3) is 2.12. The number of benzene rings is 1. The summed E-state index contributed by atoms with van der Waals surface area (Å²) in [7, 11) is 0. The van der Waals surface area contributed by atoms with Crippen molar-refractivity contribution in [2.45, 2.75) is 13.1 Å². The highest BCUT2D eigenvalue weighted by molar-refractivity contribution is 9.10. The van der Waals surface area contributed by atoms with E-state index in [2.05, 4.69) is 54.0 Å². The number of nitrogens with zero attached hydrogens (tertiary/aromatic N) is 4. The fourth-order valence-electron chi connectivity index (χ4n) is 2.71. The molecular formula is C15H12BrN5. The summed E-state index contributed by atoms with van der Waals surface area (Å²) in [4.78, 5) is 15.1. The third-order valence-corrected chi connectivity index (χ3v) is 4.18. The van der Waals surface area contributed by atoms with Gasteiger partial charge in [-0.15, -0.1) is 0 Å². The zero-order valence-corrected chi connectivity index (χ0v) is 12.7. The van der Waals surface area contributed by atoms with E-state index in [-0.39, 0.29) is 0 Å². The van der Waals surface area contributed by atoms with Crippen molar-refractivity contribution in [1.82, 2.24) is 15.0 Å². The van der Waals surface area contributed by atoms with Crippen molar-refractivity contribution in [3.05, 3.63) is 52.3 Å². The Kier molecular flexibility index (Phi) is 2.78. The highest BCUT2D eigenvalue weighted by Gasteiger charge is 2.22. The summed E-state index contributed by atoms with van der Waals surface area (Å²) in [5.74, 6) is 1.38. The number of halogens is 1. The summed E-state index contributed by atoms with van der Waals surface area (Å²) in [5, 5.41) is 0.929. The first-order valence-electron chi connectivity index (χ1n) is 6.60. The minimum atomic E-state index is 0.473. The van der Waals surface area contributed by atoms with Gasteiger partial charge in [0.15, 0.2) is 5.65 Å². The second-order valence-corrected chi connectivity index (χ2v) is 5.99. The summed E-state index contributed by atoms with van der Waals surface area (Å²) in [6.07, 6.45) is 1.54. The lowest BCUT2D eigenvalue weighted by molar-refractivity contribution is 0.859. The van der Waals surface area contributed by atoms with E-state index in [0.29, 0.717) is 11.5 Å². The van der Waals surface area contributed by atoms with Crippen LogP contribution in [0.5, 0.6) is 0 Å². The van der Waals surface area contributed by atoms with E-state index in [1.54, 1.807) is 12.4 Å². The lowest BCUT2D eigenvalue weighted by Crippen LogP contribution is -2.16. The zero-order valence-electron chi connectivity index (χ0n) is 11.1. The Morgan fingerprint density at radius 1 is 1.05 bits per heavy atom. The molecule has 1 aromatic carbocycles. The van der Waals surface area contributed by atoms with Gasteiger partial charge < -0.3 is 10.6 Å². The van der Waals surface area contributed by atoms with Gasteiger partial charge in [-0.1, -0.05) is 22.0 Å². The number of aromatic nitrogens is 3. The normalized spacial score (nSPS) is 13.7. The van der Waals surface area contributed by atoms with Crippen molar-refractivity contribution >= 4 is 38.6 Å². The van der Waals surface area contributed by atoms with Crippen molar-refractivity contribution in [2.75, 3.05) is 10.6 Å². The molecule has 4 rings (SSSR count). The molecule has 3 heterocycles. The van der Waals surface area contributed by atoms with E-state index in [1.807, 2.05) is 6.07 Å². The molecule has 2 N–H and O–H groups in total. The van der Waals surface area contributed by atoms with Gasteiger partial charge in [-0.2, -0.15) is 0 Å². The Balaban J connectivity index is 1.79. The molecule has 0 spiro atoms. The lowest BCUT2D eigenvalue weighted by atomic mass is 10.1. The van der Waals surface area contributed by atoms with Crippen LogP contribution in [0.1, 0.15) is 11.1 Å². The molecule has 104 valence electrons. The van der Waals surface area contributed by atoms with Gasteiger partial charge in [-0.25, -0.2) is 15.0 Å². The SMILES string of the molecule is Nc1ccc2c(N3Cc4ccc(Br)cc4C3)ncnc2n1. The van der Waals surface area contributed by atoms with Gasteiger partial charge >= 0.3 is 0 Å². The summed E-state index contributed by atoms with van der Waals surface area (Å²) in [5.41, 5.74) is 9.01. The highest BCUT2D eigenvalue weighted by Crippen LogP contribution is 2.32. The molecule has 0 unspecified atom stereocenters. The number of hydrogen-bond acceptors (Lipinski definition) is 5. The van der Waals surface area contributed by atoms with Crippen molar-refractivity contribution in [3.8, 4) is 0 Å². The maximum Gasteiger partial charge on any atom is 0.166 e. The van der Waals surface area contributed by atoms with Crippen LogP contribution in [0.15, 0.2) is 41.1 Å². The van der Waals surface area contributed by atoms with Crippen LogP contribution in [0.3, 0.4) is 0 Å². The minimum absolute atomic E-state index is 0.473. The molecule has 0 atom stereocenters. The summed E-state index contributed by atoms with van der Waals surface area (Å²) in [6.45, 7) is 1.68. The van der Waals surface area contributed by atoms with Crippen LogP contribution in [-0.4, -0.2) is 15.0 Å². The molecule has 0 saturated heterocycles. The molecule has 2 aromatic heterocycles. The van der Waals surface area contributed by atoms with E-state index in [4.69, 9.17) is 5.73 Å². The number of anilines is 2. The van der Waals surface area contributed by atoms with Crippen LogP contribution in [0.4, 0.5) is 11.6 Å². The van der Waals surface area contributed by atoms with Crippen LogP contribution < -0.4 is 10.6 Å². The first kappa shape index (κ1) is 12.5. The van der Waals surface area contributed by atoms with E-state index in [1.165, 1.54) is 11.1 Å². The second-order valence-electron chi connectivity index (χ2n) is 5.07. The molecule has 0 saturated carbocycles. The van der Waals surface area contributed by atoms with Gasteiger partial charge in [0.1, 0.15) is 18.0 Å². The molecule has 0 radical (unpaired) electrons. The fraction of sp³-hybridized carbons (Fsp3) is 0.133. The molecule has 0 aliphatic carbocycles. The molecule has 0 fully saturated rings. The standard InChI is InChI=1S/C15H12BrN5/c16-11-2-1-9-6-21(7-10(9)5-11)15-12-3-4-13(17)20-14(12)18-8-19-15/h1-5,8H,6-7H2,(H2,17,18,19,20). The van der Waals surface area contributed by atoms with E-state index >= 15 is 0 Å². The van der Waals surface area contributed by atoms with Crippen molar-refractivity contribution in [2.24, 2.45) is 0 Å². The molecule has 5 nitrogen and oxygen atoms in total. The van der Waals surface area contributed by atoms with Gasteiger partial charge in [0.25, 0.3) is 0 Å². The van der Waals surface area contributed by atoms with E-state index < -0.39 is 0 Å². The van der Waals surface area contributed by atoms with Crippen LogP contribution in [0.25, 0.3) is 11.0 Å². The maximum absolute atomic E-state index is 5.72. The quantitative estimate of drug-likeness (QED) is 0.737. The Labute approximate surface area is 130 Å². The van der Waals surface area contributed by atoms with Crippen LogP contribution >= 0.6 is 15.9 Å². The second kappa shape index (κ2) is 4.66. The summed E-state index contributed by atoms with van der Waals surface area (Å²) >= 11 is 3.52. The van der Waals surface area contributed by atoms with Gasteiger partial charge in [0.2, 0.25) is 0 Å².